The number of hydrogen-bond acceptors (Lipinski definition) is 2. The van der Waals surface area contributed by atoms with E-state index < -0.39 is 0 Å². The maximum Gasteiger partial charge on any atom is 0.132 e. The zero-order chi connectivity index (χ0) is 13.2. The van der Waals surface area contributed by atoms with Gasteiger partial charge in [0.15, 0.2) is 0 Å². The van der Waals surface area contributed by atoms with Gasteiger partial charge in [-0.3, -0.25) is 0 Å². The van der Waals surface area contributed by atoms with Crippen LogP contribution in [0.3, 0.4) is 0 Å². The molecule has 5 heteroatoms. The Morgan fingerprint density at radius 1 is 1.42 bits per heavy atom. The number of nitrogens with one attached hydrogen (secondary N) is 2. The third-order valence-corrected chi connectivity index (χ3v) is 3.71. The largest absolute Gasteiger partial charge is 0.342 e. The van der Waals surface area contributed by atoms with E-state index >= 15 is 0 Å². The summed E-state index contributed by atoms with van der Waals surface area (Å²) in [5, 5.41) is 3.43. The van der Waals surface area contributed by atoms with Crippen LogP contribution >= 0.6 is 15.9 Å². The van der Waals surface area contributed by atoms with E-state index in [1.54, 1.807) is 18.3 Å². The van der Waals surface area contributed by atoms with E-state index in [0.29, 0.717) is 11.6 Å². The maximum atomic E-state index is 13.7. The Balaban J connectivity index is 1.70. The van der Waals surface area contributed by atoms with Gasteiger partial charge in [-0.05, 0) is 31.0 Å². The number of aromatic nitrogens is 2. The third-order valence-electron chi connectivity index (χ3n) is 3.22. The van der Waals surface area contributed by atoms with Gasteiger partial charge in [0, 0.05) is 29.0 Å². The van der Waals surface area contributed by atoms with E-state index in [-0.39, 0.29) is 5.82 Å². The Labute approximate surface area is 119 Å². The summed E-state index contributed by atoms with van der Waals surface area (Å²) >= 11 is 3.35. The van der Waals surface area contributed by atoms with Crippen LogP contribution in [0.5, 0.6) is 0 Å². The molecule has 1 heterocycles. The summed E-state index contributed by atoms with van der Waals surface area (Å²) in [5.74, 6) is 0.650. The molecule has 1 aromatic heterocycles. The van der Waals surface area contributed by atoms with E-state index in [4.69, 9.17) is 0 Å². The average molecular weight is 324 g/mol. The maximum absolute atomic E-state index is 13.7. The van der Waals surface area contributed by atoms with Crippen molar-refractivity contribution in [1.82, 2.24) is 15.3 Å². The SMILES string of the molecule is Fc1ccc(Br)cc1-c1cnc(CCNC2CC2)[nH]1. The predicted molar refractivity (Wildman–Crippen MR) is 76.4 cm³/mol. The lowest BCUT2D eigenvalue weighted by Gasteiger charge is -2.01. The second-order valence-electron chi connectivity index (χ2n) is 4.85. The normalized spacial score (nSPS) is 14.8. The highest BCUT2D eigenvalue weighted by Crippen LogP contribution is 2.25. The van der Waals surface area contributed by atoms with Crippen molar-refractivity contribution < 1.29 is 4.39 Å². The number of nitrogens with zero attached hydrogens (tertiary/aromatic N) is 1. The molecule has 19 heavy (non-hydrogen) atoms. The van der Waals surface area contributed by atoms with Crippen LogP contribution in [-0.2, 0) is 6.42 Å². The number of halogens is 2. The molecule has 1 saturated carbocycles. The smallest absolute Gasteiger partial charge is 0.132 e. The Kier molecular flexibility index (Phi) is 3.66. The Morgan fingerprint density at radius 2 is 2.26 bits per heavy atom. The van der Waals surface area contributed by atoms with Gasteiger partial charge in [0.2, 0.25) is 0 Å². The van der Waals surface area contributed by atoms with Crippen molar-refractivity contribution in [3.05, 3.63) is 40.5 Å². The molecule has 0 spiro atoms. The van der Waals surface area contributed by atoms with E-state index in [1.807, 2.05) is 0 Å². The summed E-state index contributed by atoms with van der Waals surface area (Å²) in [6.45, 7) is 0.915. The number of H-pyrrole nitrogens is 1. The van der Waals surface area contributed by atoms with E-state index in [2.05, 4.69) is 31.2 Å². The molecule has 100 valence electrons. The highest BCUT2D eigenvalue weighted by Gasteiger charge is 2.19. The van der Waals surface area contributed by atoms with Gasteiger partial charge < -0.3 is 10.3 Å². The van der Waals surface area contributed by atoms with Crippen LogP contribution in [0.4, 0.5) is 4.39 Å². The minimum absolute atomic E-state index is 0.241. The van der Waals surface area contributed by atoms with Gasteiger partial charge in [-0.1, -0.05) is 15.9 Å². The van der Waals surface area contributed by atoms with Crippen molar-refractivity contribution in [2.75, 3.05) is 6.54 Å². The Morgan fingerprint density at radius 3 is 3.05 bits per heavy atom. The van der Waals surface area contributed by atoms with Crippen LogP contribution in [0, 0.1) is 5.82 Å². The number of aromatic amines is 1. The van der Waals surface area contributed by atoms with E-state index in [1.165, 1.54) is 18.9 Å². The highest BCUT2D eigenvalue weighted by molar-refractivity contribution is 9.10. The second-order valence-corrected chi connectivity index (χ2v) is 5.76. The van der Waals surface area contributed by atoms with Gasteiger partial charge in [0.05, 0.1) is 11.9 Å². The van der Waals surface area contributed by atoms with Gasteiger partial charge in [-0.25, -0.2) is 9.37 Å². The summed E-state index contributed by atoms with van der Waals surface area (Å²) < 4.78 is 14.6. The summed E-state index contributed by atoms with van der Waals surface area (Å²) in [5.41, 5.74) is 1.27. The fourth-order valence-corrected chi connectivity index (χ4v) is 2.37. The second kappa shape index (κ2) is 5.43. The lowest BCUT2D eigenvalue weighted by molar-refractivity contribution is 0.630. The minimum Gasteiger partial charge on any atom is -0.342 e. The first-order chi connectivity index (χ1) is 9.22. The molecule has 1 aromatic carbocycles. The van der Waals surface area contributed by atoms with Crippen LogP contribution in [0.25, 0.3) is 11.3 Å². The van der Waals surface area contributed by atoms with Gasteiger partial charge in [0.1, 0.15) is 11.6 Å². The molecule has 0 aliphatic heterocycles. The van der Waals surface area contributed by atoms with E-state index in [0.717, 1.165) is 29.0 Å². The van der Waals surface area contributed by atoms with Gasteiger partial charge in [0.25, 0.3) is 0 Å². The van der Waals surface area contributed by atoms with Crippen LogP contribution in [0.15, 0.2) is 28.9 Å². The summed E-state index contributed by atoms with van der Waals surface area (Å²) in [4.78, 5) is 7.48. The quantitative estimate of drug-likeness (QED) is 0.886. The molecule has 3 rings (SSSR count). The van der Waals surface area contributed by atoms with Crippen molar-refractivity contribution in [1.29, 1.82) is 0 Å². The third kappa shape index (κ3) is 3.22. The molecule has 0 saturated heterocycles. The monoisotopic (exact) mass is 323 g/mol. The molecular formula is C14H15BrFN3. The summed E-state index contributed by atoms with van der Waals surface area (Å²) in [6, 6.07) is 5.61. The van der Waals surface area contributed by atoms with Crippen LogP contribution in [0.1, 0.15) is 18.7 Å². The predicted octanol–water partition coefficient (Wildman–Crippen LogP) is 3.27. The molecule has 1 aliphatic carbocycles. The molecule has 3 nitrogen and oxygen atoms in total. The fraction of sp³-hybridized carbons (Fsp3) is 0.357. The number of imidazole rings is 1. The lowest BCUT2D eigenvalue weighted by atomic mass is 10.1. The standard InChI is InChI=1S/C14H15BrFN3/c15-9-1-4-12(16)11(7-9)13-8-18-14(19-13)5-6-17-10-2-3-10/h1,4,7-8,10,17H,2-3,5-6H2,(H,18,19). The first-order valence-corrected chi connectivity index (χ1v) is 7.24. The molecular weight excluding hydrogens is 309 g/mol. The Bertz CT molecular complexity index is 578. The lowest BCUT2D eigenvalue weighted by Crippen LogP contribution is -2.19. The van der Waals surface area contributed by atoms with Gasteiger partial charge >= 0.3 is 0 Å². The van der Waals surface area contributed by atoms with Crippen LogP contribution in [-0.4, -0.2) is 22.6 Å². The summed E-state index contributed by atoms with van der Waals surface area (Å²) in [7, 11) is 0. The topological polar surface area (TPSA) is 40.7 Å². The Hall–Kier alpha value is -1.20. The molecule has 0 bridgehead atoms. The molecule has 0 unspecified atom stereocenters. The molecule has 2 aromatic rings. The zero-order valence-electron chi connectivity index (χ0n) is 10.4. The van der Waals surface area contributed by atoms with Crippen molar-refractivity contribution in [2.24, 2.45) is 0 Å². The summed E-state index contributed by atoms with van der Waals surface area (Å²) in [6.07, 6.45) is 5.10. The van der Waals surface area contributed by atoms with Gasteiger partial charge in [-0.15, -0.1) is 0 Å². The van der Waals surface area contributed by atoms with Gasteiger partial charge in [-0.2, -0.15) is 0 Å². The number of hydrogen-bond donors (Lipinski definition) is 2. The van der Waals surface area contributed by atoms with E-state index in [9.17, 15) is 4.39 Å². The van der Waals surface area contributed by atoms with Crippen molar-refractivity contribution >= 4 is 15.9 Å². The van der Waals surface area contributed by atoms with Crippen molar-refractivity contribution in [3.63, 3.8) is 0 Å². The molecule has 1 fully saturated rings. The van der Waals surface area contributed by atoms with Crippen molar-refractivity contribution in [3.8, 4) is 11.3 Å². The zero-order valence-corrected chi connectivity index (χ0v) is 12.0. The van der Waals surface area contributed by atoms with Crippen LogP contribution < -0.4 is 5.32 Å². The molecule has 0 radical (unpaired) electrons. The number of rotatable bonds is 5. The molecule has 0 amide bonds. The minimum atomic E-state index is -0.241. The first-order valence-electron chi connectivity index (χ1n) is 6.45. The first kappa shape index (κ1) is 12.8. The molecule has 1 aliphatic rings. The highest BCUT2D eigenvalue weighted by atomic mass is 79.9. The fourth-order valence-electron chi connectivity index (χ4n) is 2.01. The molecule has 2 N–H and O–H groups in total. The van der Waals surface area contributed by atoms with Crippen molar-refractivity contribution in [2.45, 2.75) is 25.3 Å². The number of benzene rings is 1. The average Bonchev–Trinajstić information content (AvgIpc) is 3.10. The van der Waals surface area contributed by atoms with Crippen LogP contribution in [0.2, 0.25) is 0 Å². The molecule has 0 atom stereocenters.